The van der Waals surface area contributed by atoms with E-state index >= 15 is 0 Å². The fourth-order valence-electron chi connectivity index (χ4n) is 3.95. The molecule has 0 radical (unpaired) electrons. The van der Waals surface area contributed by atoms with Gasteiger partial charge in [0.15, 0.2) is 11.8 Å². The van der Waals surface area contributed by atoms with Crippen molar-refractivity contribution in [1.29, 1.82) is 0 Å². The predicted octanol–water partition coefficient (Wildman–Crippen LogP) is 3.04. The summed E-state index contributed by atoms with van der Waals surface area (Å²) in [5, 5.41) is 3.14. The molecule has 0 aliphatic carbocycles. The van der Waals surface area contributed by atoms with E-state index < -0.39 is 6.10 Å². The summed E-state index contributed by atoms with van der Waals surface area (Å²) in [5.74, 6) is 0.500. The summed E-state index contributed by atoms with van der Waals surface area (Å²) in [6.07, 6.45) is -0.102. The van der Waals surface area contributed by atoms with Gasteiger partial charge in [-0.05, 0) is 24.6 Å². The molecule has 156 valence electrons. The van der Waals surface area contributed by atoms with Crippen LogP contribution in [0.5, 0.6) is 5.75 Å². The highest BCUT2D eigenvalue weighted by Crippen LogP contribution is 2.21. The second-order valence-corrected chi connectivity index (χ2v) is 7.65. The Balaban J connectivity index is 1.41. The first-order valence-electron chi connectivity index (χ1n) is 10.3. The molecular weight excluding hydrogens is 392 g/mol. The summed E-state index contributed by atoms with van der Waals surface area (Å²) in [4.78, 5) is 32.5. The fourth-order valence-corrected chi connectivity index (χ4v) is 3.95. The van der Waals surface area contributed by atoms with E-state index in [9.17, 15) is 9.59 Å². The van der Waals surface area contributed by atoms with Gasteiger partial charge in [0, 0.05) is 19.0 Å². The normalized spacial score (nSPS) is 14.3. The summed E-state index contributed by atoms with van der Waals surface area (Å²) in [5.41, 5.74) is 3.52. The Kier molecular flexibility index (Phi) is 4.78. The standard InChI is InChI=1S/C24H22N4O3/c1-16(31-18-10-6-3-7-11-18)23(29)27-13-12-20-19(15-27)24(30)28-22(25-20)14-21(26-28)17-8-4-2-5-9-17/h2-11,14,16,26H,12-13,15H2,1H3/t16-/m0/s1. The highest BCUT2D eigenvalue weighted by molar-refractivity contribution is 5.81. The van der Waals surface area contributed by atoms with Crippen LogP contribution in [0, 0.1) is 0 Å². The van der Waals surface area contributed by atoms with Crippen LogP contribution in [0.4, 0.5) is 0 Å². The van der Waals surface area contributed by atoms with Gasteiger partial charge >= 0.3 is 0 Å². The molecule has 0 unspecified atom stereocenters. The van der Waals surface area contributed by atoms with E-state index in [0.29, 0.717) is 29.9 Å². The summed E-state index contributed by atoms with van der Waals surface area (Å²) in [6, 6.07) is 20.9. The van der Waals surface area contributed by atoms with Gasteiger partial charge in [0.2, 0.25) is 0 Å². The van der Waals surface area contributed by atoms with Crippen LogP contribution >= 0.6 is 0 Å². The van der Waals surface area contributed by atoms with Crippen molar-refractivity contribution < 1.29 is 9.53 Å². The molecule has 7 nitrogen and oxygen atoms in total. The van der Waals surface area contributed by atoms with Gasteiger partial charge in [-0.1, -0.05) is 48.5 Å². The third kappa shape index (κ3) is 3.59. The smallest absolute Gasteiger partial charge is 0.277 e. The molecule has 0 fully saturated rings. The van der Waals surface area contributed by atoms with Gasteiger partial charge < -0.3 is 9.64 Å². The number of nitrogens with one attached hydrogen (secondary N) is 1. The van der Waals surface area contributed by atoms with Crippen molar-refractivity contribution in [3.63, 3.8) is 0 Å². The van der Waals surface area contributed by atoms with E-state index in [0.717, 1.165) is 17.0 Å². The molecule has 31 heavy (non-hydrogen) atoms. The molecular formula is C24H22N4O3. The second kappa shape index (κ2) is 7.75. The minimum absolute atomic E-state index is 0.143. The predicted molar refractivity (Wildman–Crippen MR) is 117 cm³/mol. The summed E-state index contributed by atoms with van der Waals surface area (Å²) in [7, 11) is 0. The zero-order valence-electron chi connectivity index (χ0n) is 17.1. The van der Waals surface area contributed by atoms with Crippen LogP contribution in [0.1, 0.15) is 18.2 Å². The number of rotatable bonds is 4. The number of carbonyl (C=O) groups is 1. The number of nitrogens with zero attached hydrogens (tertiary/aromatic N) is 3. The summed E-state index contributed by atoms with van der Waals surface area (Å²) < 4.78 is 7.23. The van der Waals surface area contributed by atoms with Crippen LogP contribution in [-0.4, -0.2) is 38.1 Å². The summed E-state index contributed by atoms with van der Waals surface area (Å²) in [6.45, 7) is 2.47. The topological polar surface area (TPSA) is 79.7 Å². The highest BCUT2D eigenvalue weighted by atomic mass is 16.5. The Hall–Kier alpha value is -3.87. The van der Waals surface area contributed by atoms with Crippen molar-refractivity contribution in [3.8, 4) is 17.0 Å². The third-order valence-electron chi connectivity index (χ3n) is 5.56. The molecule has 1 amide bonds. The average molecular weight is 414 g/mol. The van der Waals surface area contributed by atoms with E-state index in [1.807, 2.05) is 66.7 Å². The number of ether oxygens (including phenoxy) is 1. The van der Waals surface area contributed by atoms with Crippen LogP contribution < -0.4 is 10.3 Å². The lowest BCUT2D eigenvalue weighted by Gasteiger charge is -2.30. The van der Waals surface area contributed by atoms with E-state index in [-0.39, 0.29) is 18.0 Å². The van der Waals surface area contributed by atoms with Gasteiger partial charge in [0.1, 0.15) is 5.75 Å². The lowest BCUT2D eigenvalue weighted by molar-refractivity contribution is -0.138. The van der Waals surface area contributed by atoms with E-state index in [2.05, 4.69) is 5.10 Å². The maximum Gasteiger partial charge on any atom is 0.277 e. The SMILES string of the molecule is C[C@H](Oc1ccccc1)C(=O)N1CCc2nc3cc(-c4ccccc4)[nH]n3c(=O)c2C1. The Morgan fingerprint density at radius 2 is 1.81 bits per heavy atom. The van der Waals surface area contributed by atoms with Gasteiger partial charge in [-0.3, -0.25) is 14.7 Å². The zero-order valence-corrected chi connectivity index (χ0v) is 17.1. The van der Waals surface area contributed by atoms with Gasteiger partial charge in [-0.15, -0.1) is 0 Å². The molecule has 1 N–H and O–H groups in total. The second-order valence-electron chi connectivity index (χ2n) is 7.65. The molecule has 0 bridgehead atoms. The molecule has 2 aromatic carbocycles. The van der Waals surface area contributed by atoms with Crippen molar-refractivity contribution >= 4 is 11.6 Å². The van der Waals surface area contributed by atoms with Gasteiger partial charge in [-0.2, -0.15) is 0 Å². The van der Waals surface area contributed by atoms with Crippen LogP contribution in [0.2, 0.25) is 0 Å². The molecule has 2 aromatic heterocycles. The maximum absolute atomic E-state index is 13.2. The Morgan fingerprint density at radius 1 is 1.10 bits per heavy atom. The minimum atomic E-state index is -0.640. The fraction of sp³-hybridized carbons (Fsp3) is 0.208. The molecule has 1 atom stereocenters. The number of amides is 1. The lowest BCUT2D eigenvalue weighted by atomic mass is 10.1. The Morgan fingerprint density at radius 3 is 2.55 bits per heavy atom. The van der Waals surface area contributed by atoms with Crippen LogP contribution in [0.3, 0.4) is 0 Å². The monoisotopic (exact) mass is 414 g/mol. The highest BCUT2D eigenvalue weighted by Gasteiger charge is 2.29. The molecule has 5 rings (SSSR count). The van der Waals surface area contributed by atoms with Crippen LogP contribution in [0.15, 0.2) is 71.5 Å². The van der Waals surface area contributed by atoms with Crippen LogP contribution in [-0.2, 0) is 17.8 Å². The van der Waals surface area contributed by atoms with Gasteiger partial charge in [0.05, 0.1) is 23.5 Å². The number of para-hydroxylation sites is 1. The molecule has 1 aliphatic heterocycles. The van der Waals surface area contributed by atoms with Crippen molar-refractivity contribution in [3.05, 3.63) is 88.3 Å². The number of hydrogen-bond donors (Lipinski definition) is 1. The first-order chi connectivity index (χ1) is 15.1. The van der Waals surface area contributed by atoms with E-state index in [1.54, 1.807) is 11.8 Å². The Bertz CT molecular complexity index is 1300. The molecule has 0 saturated carbocycles. The number of H-pyrrole nitrogens is 1. The molecule has 4 aromatic rings. The summed E-state index contributed by atoms with van der Waals surface area (Å²) >= 11 is 0. The molecule has 3 heterocycles. The molecule has 7 heteroatoms. The lowest BCUT2D eigenvalue weighted by Crippen LogP contribution is -2.45. The number of fused-ring (bicyclic) bond motifs is 2. The van der Waals surface area contributed by atoms with E-state index in [4.69, 9.17) is 9.72 Å². The minimum Gasteiger partial charge on any atom is -0.481 e. The average Bonchev–Trinajstić information content (AvgIpc) is 3.24. The van der Waals surface area contributed by atoms with Crippen molar-refractivity contribution in [2.24, 2.45) is 0 Å². The number of carbonyl (C=O) groups excluding carboxylic acids is 1. The van der Waals surface area contributed by atoms with Crippen molar-refractivity contribution in [2.75, 3.05) is 6.54 Å². The third-order valence-corrected chi connectivity index (χ3v) is 5.56. The Labute approximate surface area is 178 Å². The molecule has 0 saturated heterocycles. The number of benzene rings is 2. The molecule has 1 aliphatic rings. The first kappa shape index (κ1) is 19.1. The first-order valence-corrected chi connectivity index (χ1v) is 10.3. The van der Waals surface area contributed by atoms with E-state index in [1.165, 1.54) is 4.52 Å². The van der Waals surface area contributed by atoms with Crippen molar-refractivity contribution in [2.45, 2.75) is 26.0 Å². The number of aromatic amines is 1. The maximum atomic E-state index is 13.2. The zero-order chi connectivity index (χ0) is 21.4. The van der Waals surface area contributed by atoms with Crippen LogP contribution in [0.25, 0.3) is 16.9 Å². The van der Waals surface area contributed by atoms with Crippen molar-refractivity contribution in [1.82, 2.24) is 19.5 Å². The number of aromatic nitrogens is 3. The quantitative estimate of drug-likeness (QED) is 0.557. The largest absolute Gasteiger partial charge is 0.481 e. The molecule has 0 spiro atoms. The van der Waals surface area contributed by atoms with Gasteiger partial charge in [-0.25, -0.2) is 9.50 Å². The van der Waals surface area contributed by atoms with Gasteiger partial charge in [0.25, 0.3) is 11.5 Å². The number of hydrogen-bond acceptors (Lipinski definition) is 4.